The lowest BCUT2D eigenvalue weighted by atomic mass is 9.91. The summed E-state index contributed by atoms with van der Waals surface area (Å²) in [5.41, 5.74) is 1.54. The SMILES string of the molecule is CNC(=O)[C@@H](NC(=O)[C@H]([C@H](O)[C@H](C)Cc1nc2ccccc2[nH]1)N(C)C(=O)[C@H](C(C)C)N(C)C(=O)[C@H](CC(C)C)NC(=O)CCC(C)C)[C@@H](C)O. The van der Waals surface area contributed by atoms with Crippen molar-refractivity contribution < 1.29 is 34.2 Å². The zero-order valence-electron chi connectivity index (χ0n) is 32.2. The maximum absolute atomic E-state index is 14.4. The average Bonchev–Trinajstić information content (AvgIpc) is 3.46. The highest BCUT2D eigenvalue weighted by Crippen LogP contribution is 2.23. The van der Waals surface area contributed by atoms with E-state index in [2.05, 4.69) is 25.9 Å². The van der Waals surface area contributed by atoms with Crippen LogP contribution in [0.25, 0.3) is 11.0 Å². The van der Waals surface area contributed by atoms with Crippen LogP contribution in [0.1, 0.15) is 80.5 Å². The number of aliphatic hydroxyl groups excluding tert-OH is 2. The average molecular weight is 716 g/mol. The number of fused-ring (bicyclic) bond motifs is 1. The highest BCUT2D eigenvalue weighted by Gasteiger charge is 2.43. The molecule has 1 aromatic heterocycles. The van der Waals surface area contributed by atoms with Gasteiger partial charge in [0.1, 0.15) is 30.0 Å². The Balaban J connectivity index is 2.48. The molecule has 0 bridgehead atoms. The minimum atomic E-state index is -1.53. The van der Waals surface area contributed by atoms with Crippen LogP contribution in [0.5, 0.6) is 0 Å². The molecule has 0 unspecified atom stereocenters. The molecule has 51 heavy (non-hydrogen) atoms. The number of para-hydroxylation sites is 2. The summed E-state index contributed by atoms with van der Waals surface area (Å²) in [5.74, 6) is -2.97. The number of aromatic amines is 1. The topological polar surface area (TPSA) is 197 Å². The van der Waals surface area contributed by atoms with Gasteiger partial charge in [-0.05, 0) is 55.6 Å². The number of rotatable bonds is 19. The maximum atomic E-state index is 14.4. The molecule has 2 rings (SSSR count). The van der Waals surface area contributed by atoms with Gasteiger partial charge in [0.25, 0.3) is 0 Å². The van der Waals surface area contributed by atoms with Crippen molar-refractivity contribution in [3.05, 3.63) is 30.1 Å². The Bertz CT molecular complexity index is 1440. The maximum Gasteiger partial charge on any atom is 0.246 e. The normalized spacial score (nSPS) is 15.8. The van der Waals surface area contributed by atoms with E-state index >= 15 is 0 Å². The number of benzene rings is 1. The molecule has 1 aromatic carbocycles. The van der Waals surface area contributed by atoms with E-state index in [1.807, 2.05) is 52.0 Å². The largest absolute Gasteiger partial charge is 0.391 e. The highest BCUT2D eigenvalue weighted by atomic mass is 16.3. The number of aromatic nitrogens is 2. The molecule has 14 heteroatoms. The third-order valence-electron chi connectivity index (χ3n) is 9.14. The Morgan fingerprint density at radius 1 is 0.824 bits per heavy atom. The van der Waals surface area contributed by atoms with Gasteiger partial charge in [0.05, 0.1) is 23.2 Å². The fourth-order valence-corrected chi connectivity index (χ4v) is 6.20. The Hall–Kier alpha value is -4.04. The number of nitrogens with one attached hydrogen (secondary N) is 4. The van der Waals surface area contributed by atoms with Crippen LogP contribution in [0.4, 0.5) is 0 Å². The van der Waals surface area contributed by atoms with Crippen molar-refractivity contribution >= 4 is 40.6 Å². The van der Waals surface area contributed by atoms with Crippen molar-refractivity contribution in [3.63, 3.8) is 0 Å². The minimum Gasteiger partial charge on any atom is -0.391 e. The van der Waals surface area contributed by atoms with E-state index in [9.17, 15) is 34.2 Å². The third kappa shape index (κ3) is 12.0. The third-order valence-corrected chi connectivity index (χ3v) is 9.14. The molecule has 6 N–H and O–H groups in total. The molecule has 2 aromatic rings. The smallest absolute Gasteiger partial charge is 0.246 e. The van der Waals surface area contributed by atoms with Crippen LogP contribution in [-0.4, -0.2) is 117 Å². The molecule has 0 aliphatic rings. The number of carbonyl (C=O) groups excluding carboxylic acids is 5. The van der Waals surface area contributed by atoms with E-state index < -0.39 is 71.8 Å². The zero-order chi connectivity index (χ0) is 38.7. The van der Waals surface area contributed by atoms with Crippen molar-refractivity contribution in [2.75, 3.05) is 21.1 Å². The summed E-state index contributed by atoms with van der Waals surface area (Å²) in [5, 5.41) is 29.9. The molecule has 0 aliphatic heterocycles. The number of hydrogen-bond donors (Lipinski definition) is 6. The molecule has 5 amide bonds. The van der Waals surface area contributed by atoms with Gasteiger partial charge < -0.3 is 40.9 Å². The summed E-state index contributed by atoms with van der Waals surface area (Å²) in [4.78, 5) is 78.1. The summed E-state index contributed by atoms with van der Waals surface area (Å²) in [6, 6.07) is 2.59. The van der Waals surface area contributed by atoms with E-state index in [-0.39, 0.29) is 24.7 Å². The Morgan fingerprint density at radius 2 is 1.43 bits per heavy atom. The van der Waals surface area contributed by atoms with Gasteiger partial charge in [-0.25, -0.2) is 4.98 Å². The lowest BCUT2D eigenvalue weighted by molar-refractivity contribution is -0.154. The monoisotopic (exact) mass is 715 g/mol. The van der Waals surface area contributed by atoms with Gasteiger partial charge in [0, 0.05) is 34.0 Å². The van der Waals surface area contributed by atoms with Crippen LogP contribution in [0.3, 0.4) is 0 Å². The molecule has 0 spiro atoms. The summed E-state index contributed by atoms with van der Waals surface area (Å²) < 4.78 is 0. The molecule has 0 saturated heterocycles. The van der Waals surface area contributed by atoms with Crippen LogP contribution >= 0.6 is 0 Å². The number of imidazole rings is 1. The van der Waals surface area contributed by atoms with Gasteiger partial charge >= 0.3 is 0 Å². The zero-order valence-corrected chi connectivity index (χ0v) is 32.2. The number of H-pyrrole nitrogens is 1. The van der Waals surface area contributed by atoms with Crippen molar-refractivity contribution in [2.45, 2.75) is 117 Å². The number of likely N-dealkylation sites (N-methyl/N-ethyl adjacent to an activating group) is 3. The molecule has 0 radical (unpaired) electrons. The van der Waals surface area contributed by atoms with Crippen LogP contribution in [-0.2, 0) is 30.4 Å². The highest BCUT2D eigenvalue weighted by molar-refractivity contribution is 5.96. The fraction of sp³-hybridized carbons (Fsp3) is 0.676. The standard InChI is InChI=1S/C37H61N7O7/c1-20(2)16-17-29(46)41-27(18-21(3)4)36(50)43(10)31(22(5)6)37(51)44(11)32(35(49)42-30(24(8)45)34(48)38-9)33(47)23(7)19-28-39-25-14-12-13-15-26(25)40-28/h12-15,20-24,27,30-33,45,47H,16-19H2,1-11H3,(H,38,48)(H,39,40)(H,41,46)(H,42,49)/t23-,24-,27+,30+,31+,32+,33-/m1/s1. The second kappa shape index (κ2) is 19.5. The van der Waals surface area contributed by atoms with Crippen LogP contribution < -0.4 is 16.0 Å². The Labute approximate surface area is 302 Å². The quantitative estimate of drug-likeness (QED) is 0.127. The number of amides is 5. The van der Waals surface area contributed by atoms with Gasteiger partial charge in [-0.1, -0.05) is 60.6 Å². The number of hydrogen-bond acceptors (Lipinski definition) is 8. The van der Waals surface area contributed by atoms with Gasteiger partial charge in [0.2, 0.25) is 29.5 Å². The van der Waals surface area contributed by atoms with E-state index in [0.717, 1.165) is 15.9 Å². The van der Waals surface area contributed by atoms with Crippen LogP contribution in [0, 0.1) is 23.7 Å². The number of aliphatic hydroxyl groups is 2. The first-order valence-electron chi connectivity index (χ1n) is 17.9. The van der Waals surface area contributed by atoms with Crippen molar-refractivity contribution in [1.82, 2.24) is 35.7 Å². The molecule has 0 aliphatic carbocycles. The van der Waals surface area contributed by atoms with Gasteiger partial charge in [0.15, 0.2) is 0 Å². The summed E-state index contributed by atoms with van der Waals surface area (Å²) in [7, 11) is 4.23. The second-order valence-corrected chi connectivity index (χ2v) is 14.9. The van der Waals surface area contributed by atoms with E-state index in [1.165, 1.54) is 33.0 Å². The molecular formula is C37H61N7O7. The molecular weight excluding hydrogens is 654 g/mol. The second-order valence-electron chi connectivity index (χ2n) is 14.9. The number of carbonyl (C=O) groups is 5. The van der Waals surface area contributed by atoms with Crippen molar-refractivity contribution in [3.8, 4) is 0 Å². The van der Waals surface area contributed by atoms with Gasteiger partial charge in [-0.15, -0.1) is 0 Å². The van der Waals surface area contributed by atoms with Gasteiger partial charge in [-0.3, -0.25) is 24.0 Å². The lowest BCUT2D eigenvalue weighted by Crippen LogP contribution is -2.64. The molecule has 286 valence electrons. The minimum absolute atomic E-state index is 0.0623. The Kier molecular flexibility index (Phi) is 16.5. The first-order chi connectivity index (χ1) is 23.8. The first-order valence-corrected chi connectivity index (χ1v) is 17.9. The molecule has 1 heterocycles. The fourth-order valence-electron chi connectivity index (χ4n) is 6.20. The van der Waals surface area contributed by atoms with Crippen LogP contribution in [0.2, 0.25) is 0 Å². The van der Waals surface area contributed by atoms with Gasteiger partial charge in [-0.2, -0.15) is 0 Å². The lowest BCUT2D eigenvalue weighted by Gasteiger charge is -2.40. The molecule has 0 saturated carbocycles. The molecule has 14 nitrogen and oxygen atoms in total. The summed E-state index contributed by atoms with van der Waals surface area (Å²) in [6.45, 7) is 14.5. The predicted octanol–water partition coefficient (Wildman–Crippen LogP) is 1.99. The predicted molar refractivity (Wildman–Crippen MR) is 196 cm³/mol. The number of nitrogens with zero attached hydrogens (tertiary/aromatic N) is 3. The van der Waals surface area contributed by atoms with E-state index in [1.54, 1.807) is 20.8 Å². The summed E-state index contributed by atoms with van der Waals surface area (Å²) >= 11 is 0. The van der Waals surface area contributed by atoms with Crippen molar-refractivity contribution in [1.29, 1.82) is 0 Å². The molecule has 0 fully saturated rings. The van der Waals surface area contributed by atoms with E-state index in [0.29, 0.717) is 24.6 Å². The molecule has 7 atom stereocenters. The van der Waals surface area contributed by atoms with Crippen molar-refractivity contribution in [2.24, 2.45) is 23.7 Å². The van der Waals surface area contributed by atoms with E-state index in [4.69, 9.17) is 0 Å². The first kappa shape index (κ1) is 43.1. The summed E-state index contributed by atoms with van der Waals surface area (Å²) in [6.07, 6.45) is -1.25. The van der Waals surface area contributed by atoms with Crippen LogP contribution in [0.15, 0.2) is 24.3 Å². The Morgan fingerprint density at radius 3 is 1.96 bits per heavy atom.